The van der Waals surface area contributed by atoms with Crippen molar-refractivity contribution in [2.75, 3.05) is 13.2 Å². The number of pyridine rings is 1. The Bertz CT molecular complexity index is 569. The summed E-state index contributed by atoms with van der Waals surface area (Å²) in [7, 11) is 0. The van der Waals surface area contributed by atoms with E-state index in [0.717, 1.165) is 18.7 Å². The minimum atomic E-state index is 0.221. The maximum Gasteiger partial charge on any atom is 0.0576 e. The van der Waals surface area contributed by atoms with E-state index in [-0.39, 0.29) is 6.61 Å². The van der Waals surface area contributed by atoms with Crippen LogP contribution in [-0.4, -0.2) is 23.2 Å². The Morgan fingerprint density at radius 1 is 1.09 bits per heavy atom. The van der Waals surface area contributed by atoms with Crippen molar-refractivity contribution in [2.45, 2.75) is 37.6 Å². The third kappa shape index (κ3) is 4.18. The number of aliphatic hydroxyl groups excluding tert-OH is 1. The van der Waals surface area contributed by atoms with Gasteiger partial charge in [-0.05, 0) is 48.8 Å². The molecular weight excluding hydrogens is 284 g/mol. The van der Waals surface area contributed by atoms with Crippen molar-refractivity contribution in [3.8, 4) is 0 Å². The molecule has 122 valence electrons. The number of nitrogens with one attached hydrogen (secondary N) is 1. The summed E-state index contributed by atoms with van der Waals surface area (Å²) in [6.07, 6.45) is 6.56. The molecule has 1 aromatic heterocycles. The van der Waals surface area contributed by atoms with Gasteiger partial charge in [0.25, 0.3) is 0 Å². The minimum Gasteiger partial charge on any atom is -0.396 e. The zero-order chi connectivity index (χ0) is 15.9. The van der Waals surface area contributed by atoms with Crippen molar-refractivity contribution in [1.29, 1.82) is 0 Å². The molecule has 0 radical (unpaired) electrons. The summed E-state index contributed by atoms with van der Waals surface area (Å²) in [6.45, 7) is 1.10. The monoisotopic (exact) mass is 310 g/mol. The summed E-state index contributed by atoms with van der Waals surface area (Å²) in [5.74, 6) is 1.03. The molecule has 0 unspecified atom stereocenters. The number of aliphatic hydroxyl groups is 1. The molecule has 0 amide bonds. The standard InChI is InChI=1S/C20H26N2O/c23-14-12-18(16-7-2-1-3-8-16)15-22-20(17-9-6-10-17)19-11-4-5-13-21-19/h1-5,7-8,11,13,17-18,20,22-23H,6,9-10,12,14-15H2/t18-,20+/m1/s1. The molecule has 2 atom stereocenters. The van der Waals surface area contributed by atoms with Crippen LogP contribution in [0.25, 0.3) is 0 Å². The third-order valence-electron chi connectivity index (χ3n) is 4.96. The van der Waals surface area contributed by atoms with Crippen LogP contribution >= 0.6 is 0 Å². The first kappa shape index (κ1) is 16.2. The van der Waals surface area contributed by atoms with Crippen LogP contribution < -0.4 is 5.32 Å². The number of hydrogen-bond donors (Lipinski definition) is 2. The Balaban J connectivity index is 1.69. The molecule has 1 aromatic carbocycles. The highest BCUT2D eigenvalue weighted by molar-refractivity contribution is 5.20. The van der Waals surface area contributed by atoms with Gasteiger partial charge in [-0.1, -0.05) is 42.8 Å². The van der Waals surface area contributed by atoms with E-state index in [0.29, 0.717) is 17.9 Å². The van der Waals surface area contributed by atoms with E-state index in [4.69, 9.17) is 0 Å². The van der Waals surface area contributed by atoms with Crippen molar-refractivity contribution < 1.29 is 5.11 Å². The SMILES string of the molecule is OCC[C@H](CN[C@H](c1ccccn1)C1CCC1)c1ccccc1. The van der Waals surface area contributed by atoms with Gasteiger partial charge < -0.3 is 10.4 Å². The van der Waals surface area contributed by atoms with Crippen LogP contribution in [0, 0.1) is 5.92 Å². The fourth-order valence-electron chi connectivity index (χ4n) is 3.38. The average molecular weight is 310 g/mol. The number of nitrogens with zero attached hydrogens (tertiary/aromatic N) is 1. The van der Waals surface area contributed by atoms with Crippen LogP contribution in [0.3, 0.4) is 0 Å². The van der Waals surface area contributed by atoms with E-state index in [1.54, 1.807) is 0 Å². The van der Waals surface area contributed by atoms with Gasteiger partial charge in [0.15, 0.2) is 0 Å². The van der Waals surface area contributed by atoms with Crippen LogP contribution in [0.1, 0.15) is 48.9 Å². The summed E-state index contributed by atoms with van der Waals surface area (Å²) in [6, 6.07) is 17.0. The Hall–Kier alpha value is -1.71. The lowest BCUT2D eigenvalue weighted by Gasteiger charge is -2.35. The molecule has 2 aromatic rings. The van der Waals surface area contributed by atoms with E-state index in [9.17, 15) is 5.11 Å². The lowest BCUT2D eigenvalue weighted by molar-refractivity contribution is 0.219. The lowest BCUT2D eigenvalue weighted by Crippen LogP contribution is -2.35. The van der Waals surface area contributed by atoms with Gasteiger partial charge in [-0.3, -0.25) is 4.98 Å². The van der Waals surface area contributed by atoms with Gasteiger partial charge in [-0.2, -0.15) is 0 Å². The molecule has 2 N–H and O–H groups in total. The fourth-order valence-corrected chi connectivity index (χ4v) is 3.38. The van der Waals surface area contributed by atoms with Crippen LogP contribution in [0.5, 0.6) is 0 Å². The van der Waals surface area contributed by atoms with Gasteiger partial charge in [0, 0.05) is 19.3 Å². The summed E-state index contributed by atoms with van der Waals surface area (Å²) < 4.78 is 0. The summed E-state index contributed by atoms with van der Waals surface area (Å²) in [5.41, 5.74) is 2.44. The van der Waals surface area contributed by atoms with Crippen molar-refractivity contribution in [3.63, 3.8) is 0 Å². The van der Waals surface area contributed by atoms with Crippen LogP contribution in [-0.2, 0) is 0 Å². The topological polar surface area (TPSA) is 45.1 Å². The highest BCUT2D eigenvalue weighted by Crippen LogP contribution is 2.37. The Morgan fingerprint density at radius 2 is 1.87 bits per heavy atom. The Labute approximate surface area is 138 Å². The smallest absolute Gasteiger partial charge is 0.0576 e. The van der Waals surface area contributed by atoms with Gasteiger partial charge >= 0.3 is 0 Å². The molecule has 1 heterocycles. The molecule has 3 heteroatoms. The second-order valence-electron chi connectivity index (χ2n) is 6.45. The second kappa shape index (κ2) is 8.23. The first-order valence-corrected chi connectivity index (χ1v) is 8.68. The highest BCUT2D eigenvalue weighted by atomic mass is 16.3. The predicted molar refractivity (Wildman–Crippen MR) is 93.2 cm³/mol. The van der Waals surface area contributed by atoms with Gasteiger partial charge in [-0.15, -0.1) is 0 Å². The lowest BCUT2D eigenvalue weighted by atomic mass is 9.78. The van der Waals surface area contributed by atoms with Gasteiger partial charge in [0.2, 0.25) is 0 Å². The molecular formula is C20H26N2O. The quantitative estimate of drug-likeness (QED) is 0.782. The van der Waals surface area contributed by atoms with E-state index in [1.165, 1.54) is 24.8 Å². The van der Waals surface area contributed by atoms with E-state index < -0.39 is 0 Å². The predicted octanol–water partition coefficient (Wildman–Crippen LogP) is 3.68. The molecule has 0 spiro atoms. The molecule has 1 aliphatic carbocycles. The second-order valence-corrected chi connectivity index (χ2v) is 6.45. The number of aromatic nitrogens is 1. The maximum absolute atomic E-state index is 9.41. The van der Waals surface area contributed by atoms with E-state index in [2.05, 4.69) is 46.7 Å². The van der Waals surface area contributed by atoms with Crippen LogP contribution in [0.4, 0.5) is 0 Å². The molecule has 3 nitrogen and oxygen atoms in total. The summed E-state index contributed by atoms with van der Waals surface area (Å²) in [5, 5.41) is 13.2. The molecule has 0 bridgehead atoms. The molecule has 1 aliphatic rings. The zero-order valence-electron chi connectivity index (χ0n) is 13.6. The number of benzene rings is 1. The first-order valence-electron chi connectivity index (χ1n) is 8.68. The third-order valence-corrected chi connectivity index (χ3v) is 4.96. The van der Waals surface area contributed by atoms with Gasteiger partial charge in [0.05, 0.1) is 11.7 Å². The molecule has 0 saturated heterocycles. The molecule has 3 rings (SSSR count). The summed E-state index contributed by atoms with van der Waals surface area (Å²) in [4.78, 5) is 4.57. The van der Waals surface area contributed by atoms with Crippen molar-refractivity contribution in [2.24, 2.45) is 5.92 Å². The Kier molecular flexibility index (Phi) is 5.78. The first-order chi connectivity index (χ1) is 11.4. The van der Waals surface area contributed by atoms with Crippen LogP contribution in [0.2, 0.25) is 0 Å². The highest BCUT2D eigenvalue weighted by Gasteiger charge is 2.29. The molecule has 0 aliphatic heterocycles. The van der Waals surface area contributed by atoms with Crippen molar-refractivity contribution in [3.05, 3.63) is 66.0 Å². The van der Waals surface area contributed by atoms with Crippen molar-refractivity contribution in [1.82, 2.24) is 10.3 Å². The number of rotatable bonds is 8. The van der Waals surface area contributed by atoms with Crippen molar-refractivity contribution >= 4 is 0 Å². The Morgan fingerprint density at radius 3 is 2.48 bits per heavy atom. The fraction of sp³-hybridized carbons (Fsp3) is 0.450. The average Bonchev–Trinajstić information content (AvgIpc) is 2.57. The van der Waals surface area contributed by atoms with Gasteiger partial charge in [0.1, 0.15) is 0 Å². The van der Waals surface area contributed by atoms with Gasteiger partial charge in [-0.25, -0.2) is 0 Å². The summed E-state index contributed by atoms with van der Waals surface area (Å²) >= 11 is 0. The molecule has 23 heavy (non-hydrogen) atoms. The normalized spacial score (nSPS) is 17.4. The van der Waals surface area contributed by atoms with E-state index in [1.807, 2.05) is 18.3 Å². The maximum atomic E-state index is 9.41. The minimum absolute atomic E-state index is 0.221. The molecule has 1 saturated carbocycles. The molecule has 1 fully saturated rings. The number of hydrogen-bond acceptors (Lipinski definition) is 3. The van der Waals surface area contributed by atoms with E-state index >= 15 is 0 Å². The zero-order valence-corrected chi connectivity index (χ0v) is 13.6. The van der Waals surface area contributed by atoms with Crippen LogP contribution in [0.15, 0.2) is 54.7 Å². The largest absolute Gasteiger partial charge is 0.396 e.